The number of halogens is 1. The Morgan fingerprint density at radius 3 is 3.06 bits per heavy atom. The first-order valence-corrected chi connectivity index (χ1v) is 6.86. The molecule has 1 aliphatic heterocycles. The average molecular weight is 299 g/mol. The number of rotatable bonds is 2. The average Bonchev–Trinajstić information content (AvgIpc) is 2.51. The summed E-state index contributed by atoms with van der Waals surface area (Å²) in [5, 5.41) is 13.0. The van der Waals surface area contributed by atoms with Crippen molar-refractivity contribution in [1.82, 2.24) is 5.32 Å². The van der Waals surface area contributed by atoms with Crippen LogP contribution >= 0.6 is 15.9 Å². The SMILES string of the molecule is CC1CCN(c2cccc(Br)c2)C(CO)CN1. The van der Waals surface area contributed by atoms with Gasteiger partial charge < -0.3 is 15.3 Å². The fourth-order valence-corrected chi connectivity index (χ4v) is 2.61. The van der Waals surface area contributed by atoms with Gasteiger partial charge in [-0.2, -0.15) is 0 Å². The summed E-state index contributed by atoms with van der Waals surface area (Å²) in [6.07, 6.45) is 1.10. The van der Waals surface area contributed by atoms with E-state index in [1.807, 2.05) is 12.1 Å². The predicted molar refractivity (Wildman–Crippen MR) is 74.4 cm³/mol. The van der Waals surface area contributed by atoms with Gasteiger partial charge >= 0.3 is 0 Å². The third-order valence-electron chi connectivity index (χ3n) is 3.30. The summed E-state index contributed by atoms with van der Waals surface area (Å²) >= 11 is 3.50. The molecule has 0 radical (unpaired) electrons. The zero-order valence-corrected chi connectivity index (χ0v) is 11.7. The first-order chi connectivity index (χ1) is 8.20. The van der Waals surface area contributed by atoms with Gasteiger partial charge in [-0.05, 0) is 31.5 Å². The van der Waals surface area contributed by atoms with E-state index in [0.717, 1.165) is 24.0 Å². The summed E-state index contributed by atoms with van der Waals surface area (Å²) in [5.74, 6) is 0. The smallest absolute Gasteiger partial charge is 0.0647 e. The quantitative estimate of drug-likeness (QED) is 0.877. The lowest BCUT2D eigenvalue weighted by Gasteiger charge is -2.30. The van der Waals surface area contributed by atoms with Crippen molar-refractivity contribution >= 4 is 21.6 Å². The van der Waals surface area contributed by atoms with Crippen LogP contribution in [0.5, 0.6) is 0 Å². The molecule has 1 heterocycles. The normalized spacial score (nSPS) is 25.7. The van der Waals surface area contributed by atoms with Crippen LogP contribution in [0.2, 0.25) is 0 Å². The molecule has 2 atom stereocenters. The molecule has 2 unspecified atom stereocenters. The van der Waals surface area contributed by atoms with Crippen LogP contribution in [0.15, 0.2) is 28.7 Å². The molecule has 0 aliphatic carbocycles. The molecule has 1 saturated heterocycles. The molecule has 0 amide bonds. The molecule has 0 aromatic heterocycles. The summed E-state index contributed by atoms with van der Waals surface area (Å²) < 4.78 is 1.08. The third kappa shape index (κ3) is 3.21. The first kappa shape index (κ1) is 12.9. The highest BCUT2D eigenvalue weighted by molar-refractivity contribution is 9.10. The first-order valence-electron chi connectivity index (χ1n) is 6.07. The van der Waals surface area contributed by atoms with Gasteiger partial charge in [0, 0.05) is 29.3 Å². The number of benzene rings is 1. The van der Waals surface area contributed by atoms with E-state index >= 15 is 0 Å². The molecular formula is C13H19BrN2O. The Hall–Kier alpha value is -0.580. The van der Waals surface area contributed by atoms with Crippen molar-refractivity contribution < 1.29 is 5.11 Å². The summed E-state index contributed by atoms with van der Waals surface area (Å²) in [6, 6.07) is 8.95. The summed E-state index contributed by atoms with van der Waals surface area (Å²) in [6.45, 7) is 4.20. The third-order valence-corrected chi connectivity index (χ3v) is 3.79. The summed E-state index contributed by atoms with van der Waals surface area (Å²) in [7, 11) is 0. The maximum Gasteiger partial charge on any atom is 0.0647 e. The van der Waals surface area contributed by atoms with Gasteiger partial charge in [0.05, 0.1) is 12.6 Å². The van der Waals surface area contributed by atoms with Crippen LogP contribution in [0.25, 0.3) is 0 Å². The van der Waals surface area contributed by atoms with Gasteiger partial charge in [-0.3, -0.25) is 0 Å². The number of hydrogen-bond acceptors (Lipinski definition) is 3. The number of hydrogen-bond donors (Lipinski definition) is 2. The number of nitrogens with one attached hydrogen (secondary N) is 1. The van der Waals surface area contributed by atoms with E-state index in [1.54, 1.807) is 0 Å². The minimum Gasteiger partial charge on any atom is -0.394 e. The molecule has 2 N–H and O–H groups in total. The fourth-order valence-electron chi connectivity index (χ4n) is 2.22. The monoisotopic (exact) mass is 298 g/mol. The maximum atomic E-state index is 9.51. The van der Waals surface area contributed by atoms with Crippen LogP contribution in [0.4, 0.5) is 5.69 Å². The van der Waals surface area contributed by atoms with Crippen molar-refractivity contribution in [2.45, 2.75) is 25.4 Å². The molecule has 0 saturated carbocycles. The highest BCUT2D eigenvalue weighted by atomic mass is 79.9. The second kappa shape index (κ2) is 5.85. The zero-order chi connectivity index (χ0) is 12.3. The Balaban J connectivity index is 2.21. The molecule has 17 heavy (non-hydrogen) atoms. The highest BCUT2D eigenvalue weighted by Crippen LogP contribution is 2.23. The van der Waals surface area contributed by atoms with Crippen molar-refractivity contribution in [2.24, 2.45) is 0 Å². The fraction of sp³-hybridized carbons (Fsp3) is 0.538. The second-order valence-electron chi connectivity index (χ2n) is 4.61. The van der Waals surface area contributed by atoms with Gasteiger partial charge in [-0.25, -0.2) is 0 Å². The Kier molecular flexibility index (Phi) is 4.42. The van der Waals surface area contributed by atoms with E-state index < -0.39 is 0 Å². The topological polar surface area (TPSA) is 35.5 Å². The van der Waals surface area contributed by atoms with Crippen LogP contribution in [-0.2, 0) is 0 Å². The Labute approximate surface area is 111 Å². The molecule has 1 aromatic rings. The molecule has 2 rings (SSSR count). The molecule has 1 aromatic carbocycles. The maximum absolute atomic E-state index is 9.51. The molecule has 0 bridgehead atoms. The lowest BCUT2D eigenvalue weighted by atomic mass is 10.2. The van der Waals surface area contributed by atoms with Crippen molar-refractivity contribution in [3.05, 3.63) is 28.7 Å². The Morgan fingerprint density at radius 1 is 1.53 bits per heavy atom. The van der Waals surface area contributed by atoms with E-state index in [0.29, 0.717) is 6.04 Å². The van der Waals surface area contributed by atoms with Crippen LogP contribution in [0, 0.1) is 0 Å². The summed E-state index contributed by atoms with van der Waals surface area (Å²) in [5.41, 5.74) is 1.18. The number of aliphatic hydroxyl groups is 1. The van der Waals surface area contributed by atoms with Crippen LogP contribution in [-0.4, -0.2) is 36.9 Å². The van der Waals surface area contributed by atoms with E-state index in [4.69, 9.17) is 0 Å². The minimum absolute atomic E-state index is 0.161. The van der Waals surface area contributed by atoms with Gasteiger partial charge in [0.15, 0.2) is 0 Å². The van der Waals surface area contributed by atoms with E-state index in [9.17, 15) is 5.11 Å². The molecule has 0 spiro atoms. The van der Waals surface area contributed by atoms with Gasteiger partial charge in [0.25, 0.3) is 0 Å². The number of nitrogens with zero attached hydrogens (tertiary/aromatic N) is 1. The lowest BCUT2D eigenvalue weighted by molar-refractivity contribution is 0.259. The highest BCUT2D eigenvalue weighted by Gasteiger charge is 2.22. The summed E-state index contributed by atoms with van der Waals surface area (Å²) in [4.78, 5) is 2.29. The molecule has 3 nitrogen and oxygen atoms in total. The van der Waals surface area contributed by atoms with E-state index in [2.05, 4.69) is 45.2 Å². The lowest BCUT2D eigenvalue weighted by Crippen LogP contribution is -2.42. The van der Waals surface area contributed by atoms with Crippen LogP contribution in [0.1, 0.15) is 13.3 Å². The van der Waals surface area contributed by atoms with Crippen LogP contribution < -0.4 is 10.2 Å². The van der Waals surface area contributed by atoms with Crippen molar-refractivity contribution in [3.63, 3.8) is 0 Å². The largest absolute Gasteiger partial charge is 0.394 e. The van der Waals surface area contributed by atoms with Crippen molar-refractivity contribution in [3.8, 4) is 0 Å². The van der Waals surface area contributed by atoms with E-state index in [-0.39, 0.29) is 12.6 Å². The van der Waals surface area contributed by atoms with Gasteiger partial charge in [0.2, 0.25) is 0 Å². The van der Waals surface area contributed by atoms with Gasteiger partial charge in [-0.1, -0.05) is 22.0 Å². The molecular weight excluding hydrogens is 280 g/mol. The number of anilines is 1. The Bertz CT molecular complexity index is 372. The molecule has 4 heteroatoms. The van der Waals surface area contributed by atoms with Crippen molar-refractivity contribution in [1.29, 1.82) is 0 Å². The zero-order valence-electron chi connectivity index (χ0n) is 10.1. The van der Waals surface area contributed by atoms with Crippen molar-refractivity contribution in [2.75, 3.05) is 24.6 Å². The van der Waals surface area contributed by atoms with Gasteiger partial charge in [-0.15, -0.1) is 0 Å². The Morgan fingerprint density at radius 2 is 2.35 bits per heavy atom. The molecule has 94 valence electrons. The van der Waals surface area contributed by atoms with Crippen LogP contribution in [0.3, 0.4) is 0 Å². The molecule has 1 aliphatic rings. The molecule has 1 fully saturated rings. The van der Waals surface area contributed by atoms with Gasteiger partial charge in [0.1, 0.15) is 0 Å². The second-order valence-corrected chi connectivity index (χ2v) is 5.52. The minimum atomic E-state index is 0.161. The standard InChI is InChI=1S/C13H19BrN2O/c1-10-5-6-16(13(9-17)8-15-10)12-4-2-3-11(14)7-12/h2-4,7,10,13,15,17H,5-6,8-9H2,1H3. The predicted octanol–water partition coefficient (Wildman–Crippen LogP) is 2.00. The number of aliphatic hydroxyl groups excluding tert-OH is 1. The van der Waals surface area contributed by atoms with E-state index in [1.165, 1.54) is 5.69 Å².